The van der Waals surface area contributed by atoms with Crippen molar-refractivity contribution in [2.45, 2.75) is 56.8 Å². The Bertz CT molecular complexity index is 1450. The van der Waals surface area contributed by atoms with E-state index in [4.69, 9.17) is 0 Å². The molecule has 4 aromatic rings. The first-order valence-corrected chi connectivity index (χ1v) is 13.1. The molecule has 5 rings (SSSR count). The second-order valence-electron chi connectivity index (χ2n) is 9.62. The van der Waals surface area contributed by atoms with E-state index >= 15 is 0 Å². The van der Waals surface area contributed by atoms with Gasteiger partial charge in [0.25, 0.3) is 0 Å². The van der Waals surface area contributed by atoms with Crippen LogP contribution in [-0.4, -0.2) is 42.0 Å². The Balaban J connectivity index is 1.25. The summed E-state index contributed by atoms with van der Waals surface area (Å²) in [6.45, 7) is 1.87. The summed E-state index contributed by atoms with van der Waals surface area (Å²) in [6, 6.07) is 6.29. The number of nitrogens with one attached hydrogen (secondary N) is 3. The lowest BCUT2D eigenvalue weighted by Gasteiger charge is -2.34. The van der Waals surface area contributed by atoms with Crippen LogP contribution in [0.2, 0.25) is 0 Å². The summed E-state index contributed by atoms with van der Waals surface area (Å²) in [7, 11) is 0. The molecule has 1 fully saturated rings. The van der Waals surface area contributed by atoms with Crippen molar-refractivity contribution in [3.63, 3.8) is 0 Å². The smallest absolute Gasteiger partial charge is 0.383 e. The van der Waals surface area contributed by atoms with Gasteiger partial charge in [0, 0.05) is 30.3 Å². The molecule has 1 saturated carbocycles. The Morgan fingerprint density at radius 1 is 1.21 bits per heavy atom. The van der Waals surface area contributed by atoms with Gasteiger partial charge in [-0.1, -0.05) is 6.07 Å². The van der Waals surface area contributed by atoms with Gasteiger partial charge in [0.2, 0.25) is 11.9 Å². The van der Waals surface area contributed by atoms with Crippen molar-refractivity contribution in [2.75, 3.05) is 5.32 Å². The third-order valence-corrected chi connectivity index (χ3v) is 7.78. The Hall–Kier alpha value is -3.84. The zero-order chi connectivity index (χ0) is 27.6. The van der Waals surface area contributed by atoms with Gasteiger partial charge in [-0.05, 0) is 61.9 Å². The molecule has 1 amide bonds. The number of anilines is 2. The van der Waals surface area contributed by atoms with E-state index in [9.17, 15) is 23.1 Å². The van der Waals surface area contributed by atoms with Crippen molar-refractivity contribution in [1.29, 1.82) is 0 Å². The van der Waals surface area contributed by atoms with Crippen LogP contribution < -0.4 is 10.6 Å². The van der Waals surface area contributed by atoms with Gasteiger partial charge in [-0.15, -0.1) is 11.3 Å². The van der Waals surface area contributed by atoms with Crippen molar-refractivity contribution in [3.05, 3.63) is 71.1 Å². The number of halogens is 3. The van der Waals surface area contributed by atoms with E-state index in [0.717, 1.165) is 28.3 Å². The van der Waals surface area contributed by atoms with Crippen LogP contribution in [0.25, 0.3) is 10.4 Å². The predicted octanol–water partition coefficient (Wildman–Crippen LogP) is 4.88. The number of rotatable bonds is 7. The molecule has 3 aromatic heterocycles. The summed E-state index contributed by atoms with van der Waals surface area (Å²) in [5.74, 6) is -0.262. The second kappa shape index (κ2) is 10.7. The van der Waals surface area contributed by atoms with E-state index in [-0.39, 0.29) is 24.3 Å². The Morgan fingerprint density at radius 2 is 2.00 bits per heavy atom. The Morgan fingerprint density at radius 3 is 2.72 bits per heavy atom. The molecule has 3 heterocycles. The van der Waals surface area contributed by atoms with Crippen molar-refractivity contribution >= 4 is 28.9 Å². The van der Waals surface area contributed by atoms with Crippen LogP contribution in [0.15, 0.2) is 49.2 Å². The predicted molar refractivity (Wildman–Crippen MR) is 139 cm³/mol. The average Bonchev–Trinajstić information content (AvgIpc) is 3.58. The van der Waals surface area contributed by atoms with Crippen LogP contribution in [0.1, 0.15) is 47.6 Å². The minimum atomic E-state index is -4.57. The zero-order valence-corrected chi connectivity index (χ0v) is 21.7. The molecule has 0 radical (unpaired) electrons. The van der Waals surface area contributed by atoms with Gasteiger partial charge in [-0.3, -0.25) is 4.79 Å². The normalized spacial score (nSPS) is 19.6. The Labute approximate surface area is 226 Å². The number of aromatic nitrogens is 5. The summed E-state index contributed by atoms with van der Waals surface area (Å²) in [4.78, 5) is 32.0. The summed E-state index contributed by atoms with van der Waals surface area (Å²) in [6.07, 6.45) is 3.76. The van der Waals surface area contributed by atoms with Crippen LogP contribution in [-0.2, 0) is 23.0 Å². The van der Waals surface area contributed by atoms with Crippen LogP contribution in [0.3, 0.4) is 0 Å². The highest BCUT2D eigenvalue weighted by Crippen LogP contribution is 2.41. The zero-order valence-electron chi connectivity index (χ0n) is 20.9. The first-order valence-electron chi connectivity index (χ1n) is 12.3. The number of aliphatic hydroxyl groups is 1. The van der Waals surface area contributed by atoms with Gasteiger partial charge >= 0.3 is 6.18 Å². The van der Waals surface area contributed by atoms with Gasteiger partial charge in [-0.25, -0.2) is 19.9 Å². The monoisotopic (exact) mass is 557 g/mol. The van der Waals surface area contributed by atoms with E-state index in [1.165, 1.54) is 17.7 Å². The topological polar surface area (TPSA) is 129 Å². The van der Waals surface area contributed by atoms with Gasteiger partial charge in [0.1, 0.15) is 16.3 Å². The number of nitrogens with zero attached hydrogens (tertiary/aromatic N) is 4. The van der Waals surface area contributed by atoms with Crippen molar-refractivity contribution in [1.82, 2.24) is 30.2 Å². The number of carbonyl (C=O) groups excluding carboxylic acids is 1. The number of amides is 1. The van der Waals surface area contributed by atoms with E-state index in [0.29, 0.717) is 42.1 Å². The number of H-pyrrole nitrogens is 1. The molecule has 9 nitrogen and oxygen atoms in total. The minimum absolute atomic E-state index is 0.0281. The standard InChI is InChI=1S/C26H26F3N7O2S/c1-15-8-16(10-18(9-15)35-24-31-7-4-21(36-24)26(27,28)29)20-13-32-23(39-20)25(38)5-2-17(3-6-25)34-22(37)11-19-12-30-14-33-19/h4,7-10,12-14,17,38H,2-3,5-6,11H2,1H3,(H,30,33)(H,34,37)(H,31,35,36)/t17-,25+. The fourth-order valence-corrected chi connectivity index (χ4v) is 5.66. The molecule has 204 valence electrons. The van der Waals surface area contributed by atoms with E-state index in [2.05, 4.69) is 35.6 Å². The number of thiazole rings is 1. The van der Waals surface area contributed by atoms with Crippen molar-refractivity contribution < 1.29 is 23.1 Å². The number of imidazole rings is 1. The molecular formula is C26H26F3N7O2S. The molecule has 0 bridgehead atoms. The maximum Gasteiger partial charge on any atom is 0.433 e. The minimum Gasteiger partial charge on any atom is -0.383 e. The maximum absolute atomic E-state index is 13.0. The molecule has 0 aliphatic heterocycles. The molecule has 39 heavy (non-hydrogen) atoms. The molecule has 13 heteroatoms. The molecule has 1 aliphatic rings. The lowest BCUT2D eigenvalue weighted by atomic mass is 9.82. The second-order valence-corrected chi connectivity index (χ2v) is 10.6. The number of aryl methyl sites for hydroxylation is 1. The highest BCUT2D eigenvalue weighted by atomic mass is 32.1. The number of alkyl halides is 3. The summed E-state index contributed by atoms with van der Waals surface area (Å²) in [5.41, 5.74) is 0.762. The fraction of sp³-hybridized carbons (Fsp3) is 0.346. The molecule has 1 aliphatic carbocycles. The van der Waals surface area contributed by atoms with E-state index in [1.54, 1.807) is 24.5 Å². The third kappa shape index (κ3) is 6.42. The average molecular weight is 558 g/mol. The fourth-order valence-electron chi connectivity index (χ4n) is 4.61. The summed E-state index contributed by atoms with van der Waals surface area (Å²) < 4.78 is 39.1. The molecular weight excluding hydrogens is 531 g/mol. The number of carbonyl (C=O) groups is 1. The summed E-state index contributed by atoms with van der Waals surface area (Å²) in [5, 5.41) is 17.8. The van der Waals surface area contributed by atoms with Crippen LogP contribution in [0.5, 0.6) is 0 Å². The number of hydrogen-bond acceptors (Lipinski definition) is 8. The number of aromatic amines is 1. The summed E-state index contributed by atoms with van der Waals surface area (Å²) >= 11 is 1.37. The van der Waals surface area contributed by atoms with Gasteiger partial charge in [-0.2, -0.15) is 13.2 Å². The highest BCUT2D eigenvalue weighted by molar-refractivity contribution is 7.15. The van der Waals surface area contributed by atoms with Crippen molar-refractivity contribution in [2.24, 2.45) is 0 Å². The first-order chi connectivity index (χ1) is 18.6. The maximum atomic E-state index is 13.0. The lowest BCUT2D eigenvalue weighted by molar-refractivity contribution is -0.141. The van der Waals surface area contributed by atoms with Crippen LogP contribution in [0, 0.1) is 6.92 Å². The molecule has 4 N–H and O–H groups in total. The number of benzene rings is 1. The third-order valence-electron chi connectivity index (χ3n) is 6.54. The largest absolute Gasteiger partial charge is 0.433 e. The molecule has 0 saturated heterocycles. The molecule has 0 unspecified atom stereocenters. The van der Waals surface area contributed by atoms with E-state index < -0.39 is 17.5 Å². The van der Waals surface area contributed by atoms with Gasteiger partial charge in [0.15, 0.2) is 0 Å². The SMILES string of the molecule is Cc1cc(Nc2nccc(C(F)(F)F)n2)cc(-c2cnc([C@]3(O)CC[C@@H](NC(=O)Cc4c[nH]cn4)CC3)s2)c1. The molecule has 1 aromatic carbocycles. The Kier molecular flexibility index (Phi) is 7.36. The van der Waals surface area contributed by atoms with Gasteiger partial charge < -0.3 is 20.7 Å². The van der Waals surface area contributed by atoms with Crippen LogP contribution in [0.4, 0.5) is 24.8 Å². The first kappa shape index (κ1) is 26.8. The van der Waals surface area contributed by atoms with Crippen molar-refractivity contribution in [3.8, 4) is 10.4 Å². The quantitative estimate of drug-likeness (QED) is 0.255. The molecule has 0 spiro atoms. The van der Waals surface area contributed by atoms with E-state index in [1.807, 2.05) is 13.0 Å². The van der Waals surface area contributed by atoms with Gasteiger partial charge in [0.05, 0.1) is 23.3 Å². The molecule has 0 atom stereocenters. The van der Waals surface area contributed by atoms with Crippen LogP contribution >= 0.6 is 11.3 Å². The lowest BCUT2D eigenvalue weighted by Crippen LogP contribution is -2.42. The number of hydrogen-bond donors (Lipinski definition) is 4. The highest BCUT2D eigenvalue weighted by Gasteiger charge is 2.38.